The molecule has 0 aliphatic carbocycles. The summed E-state index contributed by atoms with van der Waals surface area (Å²) in [6.07, 6.45) is 0.0865. The Morgan fingerprint density at radius 1 is 1.69 bits per heavy atom. The van der Waals surface area contributed by atoms with E-state index in [0.29, 0.717) is 4.88 Å². The summed E-state index contributed by atoms with van der Waals surface area (Å²) in [5.41, 5.74) is 0. The zero-order valence-corrected chi connectivity index (χ0v) is 8.64. The van der Waals surface area contributed by atoms with E-state index < -0.39 is 16.2 Å². The van der Waals surface area contributed by atoms with Crippen LogP contribution >= 0.6 is 11.3 Å². The van der Waals surface area contributed by atoms with Crippen molar-refractivity contribution in [3.05, 3.63) is 22.4 Å². The van der Waals surface area contributed by atoms with Crippen molar-refractivity contribution in [2.45, 2.75) is 6.10 Å². The van der Waals surface area contributed by atoms with Gasteiger partial charge in [0.15, 0.2) is 0 Å². The Balaban J connectivity index is 2.48. The van der Waals surface area contributed by atoms with Crippen molar-refractivity contribution in [2.24, 2.45) is 0 Å². The van der Waals surface area contributed by atoms with Crippen molar-refractivity contribution in [3.63, 3.8) is 0 Å². The van der Waals surface area contributed by atoms with E-state index in [1.165, 1.54) is 11.3 Å². The molecule has 0 fully saturated rings. The summed E-state index contributed by atoms with van der Waals surface area (Å²) in [6.45, 7) is -0.223. The molecule has 4 nitrogen and oxygen atoms in total. The summed E-state index contributed by atoms with van der Waals surface area (Å²) in [4.78, 5) is 0.698. The second-order valence-corrected chi connectivity index (χ2v) is 5.14. The van der Waals surface area contributed by atoms with Gasteiger partial charge in [-0.25, -0.2) is 0 Å². The standard InChI is InChI=1S/C7H10O4S2/c1-13(9,10)11-5-6(8)7-3-2-4-12-7/h2-4,6,8H,5H2,1H3/t6-/m1/s1. The summed E-state index contributed by atoms with van der Waals surface area (Å²) in [6, 6.07) is 3.50. The second kappa shape index (κ2) is 4.19. The minimum absolute atomic E-state index is 0.223. The minimum atomic E-state index is -3.47. The van der Waals surface area contributed by atoms with Crippen LogP contribution in [0.25, 0.3) is 0 Å². The van der Waals surface area contributed by atoms with Crippen LogP contribution in [0.4, 0.5) is 0 Å². The Kier molecular flexibility index (Phi) is 3.43. The molecular formula is C7H10O4S2. The highest BCUT2D eigenvalue weighted by Gasteiger charge is 2.11. The first-order chi connectivity index (χ1) is 5.99. The zero-order valence-electron chi connectivity index (χ0n) is 7.00. The maximum atomic E-state index is 10.6. The van der Waals surface area contributed by atoms with Gasteiger partial charge in [0.1, 0.15) is 6.10 Å². The maximum Gasteiger partial charge on any atom is 0.264 e. The molecule has 74 valence electrons. The van der Waals surface area contributed by atoms with Crippen molar-refractivity contribution in [1.29, 1.82) is 0 Å². The fourth-order valence-electron chi connectivity index (χ4n) is 0.751. The second-order valence-electron chi connectivity index (χ2n) is 2.52. The van der Waals surface area contributed by atoms with Crippen LogP contribution in [0.5, 0.6) is 0 Å². The number of aliphatic hydroxyl groups is 1. The van der Waals surface area contributed by atoms with Gasteiger partial charge in [-0.05, 0) is 11.4 Å². The number of thiophene rings is 1. The molecule has 0 aromatic carbocycles. The lowest BCUT2D eigenvalue weighted by Gasteiger charge is -2.06. The number of hydrogen-bond donors (Lipinski definition) is 1. The van der Waals surface area contributed by atoms with Crippen molar-refractivity contribution in [3.8, 4) is 0 Å². The third-order valence-electron chi connectivity index (χ3n) is 1.31. The van der Waals surface area contributed by atoms with Gasteiger partial charge in [-0.1, -0.05) is 6.07 Å². The van der Waals surface area contributed by atoms with Crippen molar-refractivity contribution >= 4 is 21.5 Å². The first-order valence-corrected chi connectivity index (χ1v) is 6.24. The number of rotatable bonds is 4. The molecule has 0 saturated heterocycles. The fourth-order valence-corrected chi connectivity index (χ4v) is 1.82. The molecule has 0 bridgehead atoms. The van der Waals surface area contributed by atoms with Gasteiger partial charge in [-0.15, -0.1) is 11.3 Å². The minimum Gasteiger partial charge on any atom is -0.385 e. The van der Waals surface area contributed by atoms with Gasteiger partial charge in [-0.3, -0.25) is 4.18 Å². The SMILES string of the molecule is CS(=O)(=O)OC[C@@H](O)c1cccs1. The highest BCUT2D eigenvalue weighted by Crippen LogP contribution is 2.18. The first kappa shape index (κ1) is 10.6. The van der Waals surface area contributed by atoms with E-state index in [1.54, 1.807) is 17.5 Å². The molecule has 1 rings (SSSR count). The Bertz CT molecular complexity index is 341. The smallest absolute Gasteiger partial charge is 0.264 e. The van der Waals surface area contributed by atoms with Crippen LogP contribution < -0.4 is 0 Å². The monoisotopic (exact) mass is 222 g/mol. The summed E-state index contributed by atoms with van der Waals surface area (Å²) in [5.74, 6) is 0. The molecule has 0 saturated carbocycles. The van der Waals surface area contributed by atoms with E-state index in [-0.39, 0.29) is 6.61 Å². The third-order valence-corrected chi connectivity index (χ3v) is 2.85. The molecule has 0 unspecified atom stereocenters. The van der Waals surface area contributed by atoms with E-state index in [4.69, 9.17) is 0 Å². The molecule has 1 heterocycles. The van der Waals surface area contributed by atoms with Gasteiger partial charge in [0.25, 0.3) is 10.1 Å². The van der Waals surface area contributed by atoms with Gasteiger partial charge in [0.05, 0.1) is 12.9 Å². The zero-order chi connectivity index (χ0) is 9.90. The Morgan fingerprint density at radius 3 is 2.85 bits per heavy atom. The molecule has 6 heteroatoms. The summed E-state index contributed by atoms with van der Waals surface area (Å²) >= 11 is 1.36. The largest absolute Gasteiger partial charge is 0.385 e. The van der Waals surface area contributed by atoms with Gasteiger partial charge in [-0.2, -0.15) is 8.42 Å². The molecule has 1 aromatic rings. The fraction of sp³-hybridized carbons (Fsp3) is 0.429. The van der Waals surface area contributed by atoms with E-state index in [1.807, 2.05) is 0 Å². The molecule has 0 aliphatic heterocycles. The molecule has 1 N–H and O–H groups in total. The Morgan fingerprint density at radius 2 is 2.38 bits per heavy atom. The molecular weight excluding hydrogens is 212 g/mol. The van der Waals surface area contributed by atoms with Gasteiger partial charge >= 0.3 is 0 Å². The van der Waals surface area contributed by atoms with Gasteiger partial charge in [0.2, 0.25) is 0 Å². The van der Waals surface area contributed by atoms with Crippen LogP contribution in [0, 0.1) is 0 Å². The predicted molar refractivity (Wildman–Crippen MR) is 50.1 cm³/mol. The lowest BCUT2D eigenvalue weighted by molar-refractivity contribution is 0.115. The van der Waals surface area contributed by atoms with E-state index in [2.05, 4.69) is 4.18 Å². The molecule has 0 radical (unpaired) electrons. The average Bonchev–Trinajstić information content (AvgIpc) is 2.50. The van der Waals surface area contributed by atoms with Crippen molar-refractivity contribution < 1.29 is 17.7 Å². The Hall–Kier alpha value is -0.430. The molecule has 13 heavy (non-hydrogen) atoms. The lowest BCUT2D eigenvalue weighted by Crippen LogP contribution is -2.10. The van der Waals surface area contributed by atoms with Crippen LogP contribution in [-0.2, 0) is 14.3 Å². The van der Waals surface area contributed by atoms with Crippen LogP contribution in [0.1, 0.15) is 11.0 Å². The van der Waals surface area contributed by atoms with Crippen molar-refractivity contribution in [1.82, 2.24) is 0 Å². The Labute approximate surface area is 80.9 Å². The van der Waals surface area contributed by atoms with Crippen molar-refractivity contribution in [2.75, 3.05) is 12.9 Å². The lowest BCUT2D eigenvalue weighted by atomic mass is 10.3. The summed E-state index contributed by atoms with van der Waals surface area (Å²) in [5, 5.41) is 11.2. The molecule has 0 spiro atoms. The van der Waals surface area contributed by atoms with Crippen LogP contribution in [-0.4, -0.2) is 26.4 Å². The van der Waals surface area contributed by atoms with Crippen LogP contribution in [0.3, 0.4) is 0 Å². The summed E-state index contributed by atoms with van der Waals surface area (Å²) < 4.78 is 25.6. The van der Waals surface area contributed by atoms with Gasteiger partial charge < -0.3 is 5.11 Å². The third kappa shape index (κ3) is 3.86. The molecule has 0 amide bonds. The summed E-state index contributed by atoms with van der Waals surface area (Å²) in [7, 11) is -3.47. The topological polar surface area (TPSA) is 63.6 Å². The quantitative estimate of drug-likeness (QED) is 0.764. The number of aliphatic hydroxyl groups excluding tert-OH is 1. The highest BCUT2D eigenvalue weighted by atomic mass is 32.2. The van der Waals surface area contributed by atoms with E-state index in [0.717, 1.165) is 6.26 Å². The maximum absolute atomic E-state index is 10.6. The van der Waals surface area contributed by atoms with E-state index >= 15 is 0 Å². The highest BCUT2D eigenvalue weighted by molar-refractivity contribution is 7.85. The van der Waals surface area contributed by atoms with Gasteiger partial charge in [0, 0.05) is 4.88 Å². The first-order valence-electron chi connectivity index (χ1n) is 3.55. The predicted octanol–water partition coefficient (Wildman–Crippen LogP) is 0.758. The van der Waals surface area contributed by atoms with Crippen LogP contribution in [0.15, 0.2) is 17.5 Å². The van der Waals surface area contributed by atoms with E-state index in [9.17, 15) is 13.5 Å². The molecule has 1 atom stereocenters. The normalized spacial score (nSPS) is 14.3. The van der Waals surface area contributed by atoms with Crippen LogP contribution in [0.2, 0.25) is 0 Å². The molecule has 0 aliphatic rings. The number of hydrogen-bond acceptors (Lipinski definition) is 5. The average molecular weight is 222 g/mol. The molecule has 1 aromatic heterocycles.